The number of carbonyl (C=O) groups excluding carboxylic acids is 1. The molecular weight excluding hydrogens is 322 g/mol. The first-order chi connectivity index (χ1) is 10.9. The molecule has 0 unspecified atom stereocenters. The van der Waals surface area contributed by atoms with Gasteiger partial charge in [-0.25, -0.2) is 0 Å². The number of non-ortho nitro benzene ring substituents is 1. The van der Waals surface area contributed by atoms with Gasteiger partial charge in [0, 0.05) is 12.1 Å². The summed E-state index contributed by atoms with van der Waals surface area (Å²) < 4.78 is 5.39. The van der Waals surface area contributed by atoms with Crippen molar-refractivity contribution in [1.29, 1.82) is 0 Å². The normalized spacial score (nSPS) is 12.2. The van der Waals surface area contributed by atoms with Crippen LogP contribution in [0.25, 0.3) is 0 Å². The van der Waals surface area contributed by atoms with Crippen molar-refractivity contribution in [2.24, 2.45) is 0 Å². The highest BCUT2D eigenvalue weighted by Gasteiger charge is 2.22. The zero-order valence-electron chi connectivity index (χ0n) is 12.7. The predicted octanol–water partition coefficient (Wildman–Crippen LogP) is 1.46. The molecule has 0 radical (unpaired) electrons. The maximum atomic E-state index is 12.2. The average molecular weight is 339 g/mol. The molecule has 2 aromatic rings. The number of amides is 1. The SMILES string of the molecule is C[NH+](C)[C@@H](CNC(=O)c1ccc([N+](=O)[O-])cc1Cl)c1ccco1. The third-order valence-corrected chi connectivity index (χ3v) is 3.77. The second kappa shape index (κ2) is 7.26. The van der Waals surface area contributed by atoms with Crippen LogP contribution >= 0.6 is 11.6 Å². The zero-order chi connectivity index (χ0) is 17.0. The second-order valence-corrected chi connectivity index (χ2v) is 5.68. The minimum absolute atomic E-state index is 0.0449. The highest BCUT2D eigenvalue weighted by molar-refractivity contribution is 6.34. The molecule has 0 aliphatic carbocycles. The summed E-state index contributed by atoms with van der Waals surface area (Å²) in [4.78, 5) is 23.5. The average Bonchev–Trinajstić information content (AvgIpc) is 3.00. The fourth-order valence-electron chi connectivity index (χ4n) is 2.17. The van der Waals surface area contributed by atoms with Crippen LogP contribution in [0.4, 0.5) is 5.69 Å². The van der Waals surface area contributed by atoms with Crippen molar-refractivity contribution >= 4 is 23.2 Å². The lowest BCUT2D eigenvalue weighted by molar-refractivity contribution is -0.891. The van der Waals surface area contributed by atoms with Crippen molar-refractivity contribution in [2.75, 3.05) is 20.6 Å². The Bertz CT molecular complexity index is 701. The molecule has 2 rings (SSSR count). The number of nitrogens with zero attached hydrogens (tertiary/aromatic N) is 1. The quantitative estimate of drug-likeness (QED) is 0.616. The first kappa shape index (κ1) is 17.0. The van der Waals surface area contributed by atoms with Crippen molar-refractivity contribution in [3.63, 3.8) is 0 Å². The Hall–Kier alpha value is -2.38. The molecule has 7 nitrogen and oxygen atoms in total. The van der Waals surface area contributed by atoms with Crippen LogP contribution in [0.5, 0.6) is 0 Å². The number of halogens is 1. The number of furan rings is 1. The van der Waals surface area contributed by atoms with Crippen LogP contribution in [-0.2, 0) is 0 Å². The molecule has 122 valence electrons. The number of quaternary nitrogens is 1. The zero-order valence-corrected chi connectivity index (χ0v) is 13.5. The number of hydrogen-bond donors (Lipinski definition) is 2. The number of hydrogen-bond acceptors (Lipinski definition) is 4. The fourth-order valence-corrected chi connectivity index (χ4v) is 2.43. The number of carbonyl (C=O) groups is 1. The lowest BCUT2D eigenvalue weighted by Gasteiger charge is -2.19. The fraction of sp³-hybridized carbons (Fsp3) is 0.267. The van der Waals surface area contributed by atoms with Gasteiger partial charge in [0.15, 0.2) is 11.8 Å². The highest BCUT2D eigenvalue weighted by Crippen LogP contribution is 2.22. The Kier molecular flexibility index (Phi) is 5.36. The summed E-state index contributed by atoms with van der Waals surface area (Å²) in [6.45, 7) is 0.349. The molecule has 0 aliphatic heterocycles. The van der Waals surface area contributed by atoms with Gasteiger partial charge in [0.1, 0.15) is 0 Å². The summed E-state index contributed by atoms with van der Waals surface area (Å²) >= 11 is 5.96. The largest absolute Gasteiger partial charge is 0.463 e. The van der Waals surface area contributed by atoms with Gasteiger partial charge in [0.25, 0.3) is 11.6 Å². The lowest BCUT2D eigenvalue weighted by atomic mass is 10.1. The van der Waals surface area contributed by atoms with Crippen molar-refractivity contribution < 1.29 is 19.0 Å². The van der Waals surface area contributed by atoms with Gasteiger partial charge in [0.2, 0.25) is 0 Å². The van der Waals surface area contributed by atoms with E-state index in [1.165, 1.54) is 12.1 Å². The van der Waals surface area contributed by atoms with Crippen LogP contribution in [0, 0.1) is 10.1 Å². The number of benzene rings is 1. The van der Waals surface area contributed by atoms with Crippen molar-refractivity contribution in [3.05, 3.63) is 63.1 Å². The molecule has 0 fully saturated rings. The van der Waals surface area contributed by atoms with Gasteiger partial charge < -0.3 is 14.6 Å². The Balaban J connectivity index is 2.08. The number of nitro benzene ring substituents is 1. The van der Waals surface area contributed by atoms with E-state index < -0.39 is 4.92 Å². The van der Waals surface area contributed by atoms with Crippen LogP contribution in [0.3, 0.4) is 0 Å². The second-order valence-electron chi connectivity index (χ2n) is 5.28. The number of likely N-dealkylation sites (N-methyl/N-ethyl adjacent to an activating group) is 1. The van der Waals surface area contributed by atoms with E-state index in [4.69, 9.17) is 16.0 Å². The smallest absolute Gasteiger partial charge is 0.270 e. The molecule has 1 aromatic heterocycles. The van der Waals surface area contributed by atoms with Crippen molar-refractivity contribution in [3.8, 4) is 0 Å². The van der Waals surface area contributed by atoms with Gasteiger partial charge in [0.05, 0.1) is 42.4 Å². The van der Waals surface area contributed by atoms with E-state index >= 15 is 0 Å². The van der Waals surface area contributed by atoms with E-state index in [0.29, 0.717) is 6.54 Å². The first-order valence-corrected chi connectivity index (χ1v) is 7.33. The molecule has 1 aromatic carbocycles. The van der Waals surface area contributed by atoms with E-state index in [9.17, 15) is 14.9 Å². The van der Waals surface area contributed by atoms with Crippen LogP contribution < -0.4 is 10.2 Å². The van der Waals surface area contributed by atoms with Gasteiger partial charge in [-0.15, -0.1) is 0 Å². The van der Waals surface area contributed by atoms with E-state index in [1.54, 1.807) is 12.3 Å². The van der Waals surface area contributed by atoms with Crippen LogP contribution in [0.1, 0.15) is 22.2 Å². The van der Waals surface area contributed by atoms with Gasteiger partial charge >= 0.3 is 0 Å². The molecule has 0 saturated carbocycles. The standard InChI is InChI=1S/C15H16ClN3O4/c1-18(2)13(14-4-3-7-23-14)9-17-15(20)11-6-5-10(19(21)22)8-12(11)16/h3-8,13H,9H2,1-2H3,(H,17,20)/p+1/t13-/m0/s1. The monoisotopic (exact) mass is 338 g/mol. The molecular formula is C15H17ClN3O4+. The van der Waals surface area contributed by atoms with Gasteiger partial charge in [-0.05, 0) is 18.2 Å². The number of nitrogens with one attached hydrogen (secondary N) is 2. The third-order valence-electron chi connectivity index (χ3n) is 3.46. The van der Waals surface area contributed by atoms with E-state index in [1.807, 2.05) is 20.2 Å². The molecule has 0 saturated heterocycles. The molecule has 0 aliphatic rings. The Morgan fingerprint density at radius 2 is 2.17 bits per heavy atom. The maximum absolute atomic E-state index is 12.2. The van der Waals surface area contributed by atoms with Gasteiger partial charge in [-0.3, -0.25) is 14.9 Å². The first-order valence-electron chi connectivity index (χ1n) is 6.95. The summed E-state index contributed by atoms with van der Waals surface area (Å²) in [5.41, 5.74) is 0.0435. The van der Waals surface area contributed by atoms with Gasteiger partial charge in [-0.2, -0.15) is 0 Å². The molecule has 1 heterocycles. The lowest BCUT2D eigenvalue weighted by Crippen LogP contribution is -3.07. The molecule has 8 heteroatoms. The van der Waals surface area contributed by atoms with Crippen molar-refractivity contribution in [1.82, 2.24) is 5.32 Å². The molecule has 2 N–H and O–H groups in total. The topological polar surface area (TPSA) is 89.8 Å². The highest BCUT2D eigenvalue weighted by atomic mass is 35.5. The molecule has 0 spiro atoms. The van der Waals surface area contributed by atoms with E-state index in [2.05, 4.69) is 5.32 Å². The maximum Gasteiger partial charge on any atom is 0.270 e. The molecule has 0 bridgehead atoms. The summed E-state index contributed by atoms with van der Waals surface area (Å²) in [6.07, 6.45) is 1.58. The summed E-state index contributed by atoms with van der Waals surface area (Å²) in [5, 5.41) is 13.5. The van der Waals surface area contributed by atoms with E-state index in [-0.39, 0.29) is 28.2 Å². The summed E-state index contributed by atoms with van der Waals surface area (Å²) in [6, 6.07) is 7.36. The minimum Gasteiger partial charge on any atom is -0.463 e. The number of nitro groups is 1. The Morgan fingerprint density at radius 1 is 1.43 bits per heavy atom. The number of rotatable bonds is 6. The van der Waals surface area contributed by atoms with Crippen molar-refractivity contribution in [2.45, 2.75) is 6.04 Å². The summed E-state index contributed by atoms with van der Waals surface area (Å²) in [5.74, 6) is 0.378. The Morgan fingerprint density at radius 3 is 2.70 bits per heavy atom. The predicted molar refractivity (Wildman–Crippen MR) is 84.7 cm³/mol. The van der Waals surface area contributed by atoms with E-state index in [0.717, 1.165) is 16.7 Å². The third kappa shape index (κ3) is 4.08. The Labute approximate surface area is 138 Å². The minimum atomic E-state index is -0.560. The van der Waals surface area contributed by atoms with Crippen LogP contribution in [0.15, 0.2) is 41.0 Å². The molecule has 1 amide bonds. The molecule has 23 heavy (non-hydrogen) atoms. The summed E-state index contributed by atoms with van der Waals surface area (Å²) in [7, 11) is 3.91. The molecule has 1 atom stereocenters. The van der Waals surface area contributed by atoms with Crippen LogP contribution in [0.2, 0.25) is 5.02 Å². The van der Waals surface area contributed by atoms with Crippen LogP contribution in [-0.4, -0.2) is 31.5 Å². The van der Waals surface area contributed by atoms with Gasteiger partial charge in [-0.1, -0.05) is 11.6 Å².